The third kappa shape index (κ3) is 5.91. The third-order valence-corrected chi connectivity index (χ3v) is 3.83. The zero-order valence-electron chi connectivity index (χ0n) is 15.7. The predicted molar refractivity (Wildman–Crippen MR) is 101 cm³/mol. The number of hydrazine groups is 1. The Balaban J connectivity index is 1.81. The second-order valence-electron chi connectivity index (χ2n) is 5.65. The summed E-state index contributed by atoms with van der Waals surface area (Å²) in [4.78, 5) is 24.0. The van der Waals surface area contributed by atoms with Crippen LogP contribution in [0.4, 0.5) is 0 Å². The molecule has 0 bridgehead atoms. The highest BCUT2D eigenvalue weighted by Gasteiger charge is 2.09. The lowest BCUT2D eigenvalue weighted by molar-refractivity contribution is -0.121. The maximum atomic E-state index is 12.0. The van der Waals surface area contributed by atoms with E-state index in [1.165, 1.54) is 0 Å². The van der Waals surface area contributed by atoms with Gasteiger partial charge in [0.1, 0.15) is 5.75 Å². The summed E-state index contributed by atoms with van der Waals surface area (Å²) in [7, 11) is 3.13. The fourth-order valence-corrected chi connectivity index (χ4v) is 2.42. The Bertz CT molecular complexity index is 774. The molecule has 0 heterocycles. The Morgan fingerprint density at radius 2 is 1.63 bits per heavy atom. The first-order valence-corrected chi connectivity index (χ1v) is 8.60. The van der Waals surface area contributed by atoms with Gasteiger partial charge in [-0.05, 0) is 55.3 Å². The molecule has 0 unspecified atom stereocenters. The highest BCUT2D eigenvalue weighted by molar-refractivity contribution is 5.95. The maximum Gasteiger partial charge on any atom is 0.269 e. The van der Waals surface area contributed by atoms with Crippen LogP contribution in [0.2, 0.25) is 0 Å². The molecule has 7 nitrogen and oxygen atoms in total. The first-order valence-electron chi connectivity index (χ1n) is 8.60. The van der Waals surface area contributed by atoms with E-state index in [0.29, 0.717) is 35.8 Å². The monoisotopic (exact) mass is 372 g/mol. The first-order chi connectivity index (χ1) is 13.1. The van der Waals surface area contributed by atoms with Gasteiger partial charge < -0.3 is 14.2 Å². The van der Waals surface area contributed by atoms with Crippen LogP contribution in [0.5, 0.6) is 17.2 Å². The van der Waals surface area contributed by atoms with Gasteiger partial charge in [0.2, 0.25) is 5.91 Å². The van der Waals surface area contributed by atoms with Crippen molar-refractivity contribution in [2.24, 2.45) is 0 Å². The van der Waals surface area contributed by atoms with Crippen molar-refractivity contribution < 1.29 is 23.8 Å². The molecule has 2 aromatic rings. The second-order valence-corrected chi connectivity index (χ2v) is 5.65. The Morgan fingerprint density at radius 3 is 2.26 bits per heavy atom. The molecule has 0 atom stereocenters. The minimum Gasteiger partial charge on any atom is -0.494 e. The van der Waals surface area contributed by atoms with Crippen molar-refractivity contribution in [2.45, 2.75) is 19.8 Å². The summed E-state index contributed by atoms with van der Waals surface area (Å²) in [6, 6.07) is 12.2. The zero-order chi connectivity index (χ0) is 19.6. The highest BCUT2D eigenvalue weighted by atomic mass is 16.5. The summed E-state index contributed by atoms with van der Waals surface area (Å²) in [6.07, 6.45) is 0.726. The number of aryl methyl sites for hydroxylation is 1. The van der Waals surface area contributed by atoms with Crippen molar-refractivity contribution in [1.82, 2.24) is 10.9 Å². The standard InChI is InChI=1S/C20H24N2O5/c1-4-27-16-9-7-15(8-10-16)20(24)22-21-19(23)12-6-14-5-11-17(25-2)18(13-14)26-3/h5,7-11,13H,4,6,12H2,1-3H3,(H,21,23)(H,22,24). The van der Waals surface area contributed by atoms with Crippen LogP contribution in [0.15, 0.2) is 42.5 Å². The molecule has 2 amide bonds. The quantitative estimate of drug-likeness (QED) is 0.696. The average molecular weight is 372 g/mol. The van der Waals surface area contributed by atoms with E-state index >= 15 is 0 Å². The topological polar surface area (TPSA) is 85.9 Å². The third-order valence-electron chi connectivity index (χ3n) is 3.83. The largest absolute Gasteiger partial charge is 0.494 e. The molecule has 0 aromatic heterocycles. The number of ether oxygens (including phenoxy) is 3. The van der Waals surface area contributed by atoms with Crippen LogP contribution in [0.1, 0.15) is 29.3 Å². The van der Waals surface area contributed by atoms with Crippen LogP contribution < -0.4 is 25.1 Å². The molecule has 0 aliphatic carbocycles. The minimum atomic E-state index is -0.391. The van der Waals surface area contributed by atoms with Crippen molar-refractivity contribution in [1.29, 1.82) is 0 Å². The van der Waals surface area contributed by atoms with E-state index in [2.05, 4.69) is 10.9 Å². The van der Waals surface area contributed by atoms with Gasteiger partial charge in [-0.15, -0.1) is 0 Å². The van der Waals surface area contributed by atoms with Crippen LogP contribution in [-0.4, -0.2) is 32.6 Å². The van der Waals surface area contributed by atoms with E-state index in [-0.39, 0.29) is 12.3 Å². The Kier molecular flexibility index (Phi) is 7.49. The zero-order valence-corrected chi connectivity index (χ0v) is 15.7. The lowest BCUT2D eigenvalue weighted by atomic mass is 10.1. The summed E-state index contributed by atoms with van der Waals surface area (Å²) in [5.41, 5.74) is 6.18. The summed E-state index contributed by atoms with van der Waals surface area (Å²) >= 11 is 0. The van der Waals surface area contributed by atoms with Gasteiger partial charge in [0.25, 0.3) is 5.91 Å². The van der Waals surface area contributed by atoms with Crippen LogP contribution >= 0.6 is 0 Å². The van der Waals surface area contributed by atoms with Gasteiger partial charge in [-0.1, -0.05) is 6.07 Å². The maximum absolute atomic E-state index is 12.0. The van der Waals surface area contributed by atoms with E-state index in [4.69, 9.17) is 14.2 Å². The Morgan fingerprint density at radius 1 is 0.926 bits per heavy atom. The number of benzene rings is 2. The smallest absolute Gasteiger partial charge is 0.269 e. The molecule has 0 spiro atoms. The van der Waals surface area contributed by atoms with Gasteiger partial charge in [0.05, 0.1) is 20.8 Å². The van der Waals surface area contributed by atoms with Crippen LogP contribution in [0.25, 0.3) is 0 Å². The van der Waals surface area contributed by atoms with Crippen molar-refractivity contribution in [2.75, 3.05) is 20.8 Å². The molecule has 0 radical (unpaired) electrons. The lowest BCUT2D eigenvalue weighted by Crippen LogP contribution is -2.41. The molecule has 7 heteroatoms. The Hall–Kier alpha value is -3.22. The van der Waals surface area contributed by atoms with Gasteiger partial charge in [-0.3, -0.25) is 20.4 Å². The first kappa shape index (κ1) is 20.1. The van der Waals surface area contributed by atoms with Gasteiger partial charge in [-0.2, -0.15) is 0 Å². The van der Waals surface area contributed by atoms with Crippen molar-refractivity contribution in [3.8, 4) is 17.2 Å². The molecule has 2 rings (SSSR count). The summed E-state index contributed by atoms with van der Waals surface area (Å²) in [5, 5.41) is 0. The average Bonchev–Trinajstić information content (AvgIpc) is 2.71. The van der Waals surface area contributed by atoms with Crippen LogP contribution in [0.3, 0.4) is 0 Å². The molecular formula is C20H24N2O5. The van der Waals surface area contributed by atoms with Gasteiger partial charge in [0, 0.05) is 12.0 Å². The molecule has 144 valence electrons. The minimum absolute atomic E-state index is 0.221. The van der Waals surface area contributed by atoms with E-state index < -0.39 is 5.91 Å². The highest BCUT2D eigenvalue weighted by Crippen LogP contribution is 2.27. The number of rotatable bonds is 8. The number of amides is 2. The van der Waals surface area contributed by atoms with E-state index in [1.807, 2.05) is 19.1 Å². The van der Waals surface area contributed by atoms with Crippen molar-refractivity contribution >= 4 is 11.8 Å². The van der Waals surface area contributed by atoms with Crippen LogP contribution in [0, 0.1) is 0 Å². The predicted octanol–water partition coefficient (Wildman–Crippen LogP) is 2.50. The molecule has 0 saturated heterocycles. The van der Waals surface area contributed by atoms with Crippen molar-refractivity contribution in [3.63, 3.8) is 0 Å². The lowest BCUT2D eigenvalue weighted by Gasteiger charge is -2.10. The number of nitrogens with one attached hydrogen (secondary N) is 2. The molecule has 2 aromatic carbocycles. The normalized spacial score (nSPS) is 10.0. The number of methoxy groups -OCH3 is 2. The molecule has 0 fully saturated rings. The summed E-state index contributed by atoms with van der Waals surface area (Å²) in [6.45, 7) is 2.44. The molecular weight excluding hydrogens is 348 g/mol. The summed E-state index contributed by atoms with van der Waals surface area (Å²) in [5.74, 6) is 1.25. The van der Waals surface area contributed by atoms with Gasteiger partial charge >= 0.3 is 0 Å². The van der Waals surface area contributed by atoms with Gasteiger partial charge in [0.15, 0.2) is 11.5 Å². The second kappa shape index (κ2) is 10.1. The summed E-state index contributed by atoms with van der Waals surface area (Å²) < 4.78 is 15.8. The number of carbonyl (C=O) groups excluding carboxylic acids is 2. The van der Waals surface area contributed by atoms with E-state index in [0.717, 1.165) is 5.56 Å². The number of carbonyl (C=O) groups is 2. The molecule has 0 aliphatic rings. The fraction of sp³-hybridized carbons (Fsp3) is 0.300. The van der Waals surface area contributed by atoms with Crippen LogP contribution in [-0.2, 0) is 11.2 Å². The molecule has 2 N–H and O–H groups in total. The fourth-order valence-electron chi connectivity index (χ4n) is 2.42. The Labute approximate surface area is 158 Å². The number of hydrogen-bond acceptors (Lipinski definition) is 5. The molecule has 0 saturated carbocycles. The van der Waals surface area contributed by atoms with E-state index in [9.17, 15) is 9.59 Å². The SMILES string of the molecule is CCOc1ccc(C(=O)NNC(=O)CCc2ccc(OC)c(OC)c2)cc1. The number of hydrogen-bond donors (Lipinski definition) is 2. The van der Waals surface area contributed by atoms with Gasteiger partial charge in [-0.25, -0.2) is 0 Å². The molecule has 27 heavy (non-hydrogen) atoms. The molecule has 0 aliphatic heterocycles. The van der Waals surface area contributed by atoms with E-state index in [1.54, 1.807) is 44.6 Å². The van der Waals surface area contributed by atoms with Crippen molar-refractivity contribution in [3.05, 3.63) is 53.6 Å².